The highest BCUT2D eigenvalue weighted by atomic mass is 79.9. The molecule has 0 aliphatic carbocycles. The number of benzene rings is 2. The summed E-state index contributed by atoms with van der Waals surface area (Å²) in [6, 6.07) is 11.4. The van der Waals surface area contributed by atoms with Gasteiger partial charge in [-0.3, -0.25) is 0 Å². The van der Waals surface area contributed by atoms with Crippen molar-refractivity contribution >= 4 is 37.5 Å². The molecule has 0 radical (unpaired) electrons. The lowest BCUT2D eigenvalue weighted by Crippen LogP contribution is -2.01. The monoisotopic (exact) mass is 369 g/mol. The van der Waals surface area contributed by atoms with Gasteiger partial charge in [0, 0.05) is 26.7 Å². The van der Waals surface area contributed by atoms with E-state index >= 15 is 0 Å². The predicted molar refractivity (Wildman–Crippen MR) is 82.0 cm³/mol. The summed E-state index contributed by atoms with van der Waals surface area (Å²) in [5.41, 5.74) is 3.08. The fraction of sp³-hybridized carbons (Fsp3) is 0.143. The molecule has 0 aliphatic heterocycles. The zero-order chi connectivity index (χ0) is 13.1. The van der Waals surface area contributed by atoms with Crippen LogP contribution in [0.25, 0.3) is 0 Å². The van der Waals surface area contributed by atoms with Crippen molar-refractivity contribution in [3.63, 3.8) is 0 Å². The second kappa shape index (κ2) is 5.76. The molecule has 18 heavy (non-hydrogen) atoms. The molecule has 0 amide bonds. The summed E-state index contributed by atoms with van der Waals surface area (Å²) in [4.78, 5) is 0. The van der Waals surface area contributed by atoms with Crippen molar-refractivity contribution in [1.29, 1.82) is 0 Å². The van der Waals surface area contributed by atoms with Crippen LogP contribution in [0.3, 0.4) is 0 Å². The first-order valence-corrected chi connectivity index (χ1v) is 7.13. The first kappa shape index (κ1) is 13.4. The van der Waals surface area contributed by atoms with Crippen molar-refractivity contribution in [3.8, 4) is 5.75 Å². The number of phenols is 1. The maximum Gasteiger partial charge on any atom is 0.120 e. The van der Waals surface area contributed by atoms with Crippen LogP contribution in [0.15, 0.2) is 45.3 Å². The van der Waals surface area contributed by atoms with Gasteiger partial charge in [0.15, 0.2) is 0 Å². The first-order valence-electron chi connectivity index (χ1n) is 5.54. The molecular formula is C14H13Br2NO. The van der Waals surface area contributed by atoms with E-state index in [1.165, 1.54) is 0 Å². The van der Waals surface area contributed by atoms with Crippen molar-refractivity contribution in [2.75, 3.05) is 5.32 Å². The van der Waals surface area contributed by atoms with Crippen molar-refractivity contribution in [1.82, 2.24) is 0 Å². The number of phenolic OH excluding ortho intramolecular Hbond substituents is 1. The molecule has 0 heterocycles. The Morgan fingerprint density at radius 1 is 1.17 bits per heavy atom. The van der Waals surface area contributed by atoms with Gasteiger partial charge in [-0.2, -0.15) is 0 Å². The quantitative estimate of drug-likeness (QED) is 0.810. The van der Waals surface area contributed by atoms with Crippen LogP contribution < -0.4 is 5.32 Å². The van der Waals surface area contributed by atoms with Crippen molar-refractivity contribution in [2.45, 2.75) is 13.5 Å². The number of nitrogens with one attached hydrogen (secondary N) is 1. The molecule has 0 atom stereocenters. The fourth-order valence-electron chi connectivity index (χ4n) is 1.69. The van der Waals surface area contributed by atoms with Gasteiger partial charge in [-0.25, -0.2) is 0 Å². The van der Waals surface area contributed by atoms with Crippen LogP contribution in [-0.2, 0) is 6.54 Å². The zero-order valence-electron chi connectivity index (χ0n) is 9.87. The van der Waals surface area contributed by atoms with Gasteiger partial charge in [0.1, 0.15) is 5.75 Å². The van der Waals surface area contributed by atoms with Gasteiger partial charge in [-0.1, -0.05) is 37.9 Å². The molecule has 0 aromatic heterocycles. The van der Waals surface area contributed by atoms with Crippen LogP contribution in [0.4, 0.5) is 5.69 Å². The Morgan fingerprint density at radius 2 is 1.94 bits per heavy atom. The minimum absolute atomic E-state index is 0.304. The number of rotatable bonds is 3. The maximum atomic E-state index is 9.77. The average molecular weight is 371 g/mol. The lowest BCUT2D eigenvalue weighted by Gasteiger charge is -2.12. The zero-order valence-corrected chi connectivity index (χ0v) is 13.0. The van der Waals surface area contributed by atoms with E-state index in [4.69, 9.17) is 0 Å². The molecule has 0 saturated carbocycles. The van der Waals surface area contributed by atoms with Crippen LogP contribution >= 0.6 is 31.9 Å². The molecule has 0 saturated heterocycles. The number of anilines is 1. The average Bonchev–Trinajstić information content (AvgIpc) is 2.35. The summed E-state index contributed by atoms with van der Waals surface area (Å²) in [5, 5.41) is 13.1. The highest BCUT2D eigenvalue weighted by Gasteiger charge is 2.04. The normalized spacial score (nSPS) is 10.4. The molecule has 2 nitrogen and oxygen atoms in total. The Kier molecular flexibility index (Phi) is 4.30. The Balaban J connectivity index is 2.16. The Morgan fingerprint density at radius 3 is 2.72 bits per heavy atom. The molecule has 2 N–H and O–H groups in total. The van der Waals surface area contributed by atoms with Crippen LogP contribution in [0.1, 0.15) is 11.1 Å². The molecule has 0 unspecified atom stereocenters. The SMILES string of the molecule is Cc1c(Br)cccc1NCc1cc(Br)ccc1O. The maximum absolute atomic E-state index is 9.77. The lowest BCUT2D eigenvalue weighted by molar-refractivity contribution is 0.469. The summed E-state index contributed by atoms with van der Waals surface area (Å²) in [6.07, 6.45) is 0. The van der Waals surface area contributed by atoms with E-state index in [9.17, 15) is 5.11 Å². The Labute approximate surface area is 123 Å². The number of hydrogen-bond acceptors (Lipinski definition) is 2. The summed E-state index contributed by atoms with van der Waals surface area (Å²) in [6.45, 7) is 2.63. The first-order chi connectivity index (χ1) is 8.58. The predicted octanol–water partition coefficient (Wildman–Crippen LogP) is 4.84. The van der Waals surface area contributed by atoms with E-state index in [-0.39, 0.29) is 0 Å². The molecule has 94 valence electrons. The Bertz CT molecular complexity index is 568. The van der Waals surface area contributed by atoms with E-state index in [2.05, 4.69) is 37.2 Å². The molecule has 0 bridgehead atoms. The van der Waals surface area contributed by atoms with E-state index < -0.39 is 0 Å². The number of aromatic hydroxyl groups is 1. The highest BCUT2D eigenvalue weighted by molar-refractivity contribution is 9.10. The third-order valence-corrected chi connectivity index (χ3v) is 4.13. The third-order valence-electron chi connectivity index (χ3n) is 2.78. The van der Waals surface area contributed by atoms with Gasteiger partial charge in [-0.15, -0.1) is 0 Å². The molecular weight excluding hydrogens is 358 g/mol. The van der Waals surface area contributed by atoms with Crippen molar-refractivity contribution in [2.24, 2.45) is 0 Å². The molecule has 2 rings (SSSR count). The van der Waals surface area contributed by atoms with Crippen molar-refractivity contribution in [3.05, 3.63) is 56.5 Å². The van der Waals surface area contributed by atoms with Crippen LogP contribution in [0.5, 0.6) is 5.75 Å². The Hall–Kier alpha value is -1.00. The van der Waals surface area contributed by atoms with Gasteiger partial charge in [0.05, 0.1) is 0 Å². The topological polar surface area (TPSA) is 32.3 Å². The fourth-order valence-corrected chi connectivity index (χ4v) is 2.46. The van der Waals surface area contributed by atoms with E-state index in [0.717, 1.165) is 25.8 Å². The van der Waals surface area contributed by atoms with Crippen LogP contribution in [-0.4, -0.2) is 5.11 Å². The molecule has 2 aromatic carbocycles. The van der Waals surface area contributed by atoms with E-state index in [1.54, 1.807) is 6.07 Å². The highest BCUT2D eigenvalue weighted by Crippen LogP contribution is 2.26. The van der Waals surface area contributed by atoms with Crippen LogP contribution in [0.2, 0.25) is 0 Å². The van der Waals surface area contributed by atoms with Gasteiger partial charge in [0.2, 0.25) is 0 Å². The second-order valence-electron chi connectivity index (χ2n) is 4.04. The number of hydrogen-bond donors (Lipinski definition) is 2. The van der Waals surface area contributed by atoms with E-state index in [1.807, 2.05) is 37.3 Å². The van der Waals surface area contributed by atoms with Gasteiger partial charge in [0.25, 0.3) is 0 Å². The second-order valence-corrected chi connectivity index (χ2v) is 5.81. The van der Waals surface area contributed by atoms with E-state index in [0.29, 0.717) is 12.3 Å². The molecule has 4 heteroatoms. The minimum Gasteiger partial charge on any atom is -0.508 e. The minimum atomic E-state index is 0.304. The summed E-state index contributed by atoms with van der Waals surface area (Å²) in [7, 11) is 0. The standard InChI is InChI=1S/C14H13Br2NO/c1-9-12(16)3-2-4-13(9)17-8-10-7-11(15)5-6-14(10)18/h2-7,17-18H,8H2,1H3. The molecule has 0 aliphatic rings. The van der Waals surface area contributed by atoms with Gasteiger partial charge >= 0.3 is 0 Å². The molecule has 0 spiro atoms. The summed E-state index contributed by atoms with van der Waals surface area (Å²) >= 11 is 6.90. The van der Waals surface area contributed by atoms with Crippen LogP contribution in [0, 0.1) is 6.92 Å². The molecule has 0 fully saturated rings. The molecule has 2 aromatic rings. The van der Waals surface area contributed by atoms with Gasteiger partial charge in [-0.05, 0) is 42.8 Å². The summed E-state index contributed by atoms with van der Waals surface area (Å²) < 4.78 is 2.04. The number of halogens is 2. The summed E-state index contributed by atoms with van der Waals surface area (Å²) in [5.74, 6) is 0.304. The third kappa shape index (κ3) is 3.06. The van der Waals surface area contributed by atoms with Gasteiger partial charge < -0.3 is 10.4 Å². The van der Waals surface area contributed by atoms with Crippen molar-refractivity contribution < 1.29 is 5.11 Å². The smallest absolute Gasteiger partial charge is 0.120 e. The largest absolute Gasteiger partial charge is 0.508 e. The lowest BCUT2D eigenvalue weighted by atomic mass is 10.1.